The fourth-order valence-corrected chi connectivity index (χ4v) is 2.08. The number of benzene rings is 2. The molecule has 1 aliphatic heterocycles. The van der Waals surface area contributed by atoms with Crippen molar-refractivity contribution in [2.75, 3.05) is 6.79 Å². The molecule has 0 saturated carbocycles. The van der Waals surface area contributed by atoms with Crippen molar-refractivity contribution in [1.29, 1.82) is 0 Å². The summed E-state index contributed by atoms with van der Waals surface area (Å²) < 4.78 is 10.6. The van der Waals surface area contributed by atoms with E-state index in [1.807, 2.05) is 49.4 Å². The van der Waals surface area contributed by atoms with Crippen molar-refractivity contribution in [2.45, 2.75) is 6.92 Å². The molecule has 0 unspecified atom stereocenters. The minimum absolute atomic E-state index is 0.00799. The minimum Gasteiger partial charge on any atom is -0.454 e. The van der Waals surface area contributed by atoms with Gasteiger partial charge in [0, 0.05) is 5.56 Å². The molecule has 0 aliphatic carbocycles. The maximum Gasteiger partial charge on any atom is 0.231 e. The molecule has 2 aromatic carbocycles. The minimum atomic E-state index is -0.00799. The van der Waals surface area contributed by atoms with E-state index in [0.29, 0.717) is 5.56 Å². The van der Waals surface area contributed by atoms with Gasteiger partial charge in [-0.15, -0.1) is 0 Å². The summed E-state index contributed by atoms with van der Waals surface area (Å²) in [7, 11) is 0. The number of aryl methyl sites for hydroxylation is 1. The molecule has 0 atom stereocenters. The van der Waals surface area contributed by atoms with E-state index in [-0.39, 0.29) is 12.6 Å². The summed E-state index contributed by atoms with van der Waals surface area (Å²) in [6, 6.07) is 13.2. The normalized spacial score (nSPS) is 12.8. The monoisotopic (exact) mass is 266 g/mol. The molecule has 0 amide bonds. The highest BCUT2D eigenvalue weighted by molar-refractivity contribution is 6.06. The maximum absolute atomic E-state index is 12.1. The average molecular weight is 266 g/mol. The SMILES string of the molecule is Cc1cccc(C(=O)C=Cc2ccc3c(c2)OCO3)c1. The van der Waals surface area contributed by atoms with Crippen LogP contribution < -0.4 is 9.47 Å². The number of carbonyl (C=O) groups is 1. The van der Waals surface area contributed by atoms with Gasteiger partial charge in [-0.2, -0.15) is 0 Å². The van der Waals surface area contributed by atoms with Gasteiger partial charge < -0.3 is 9.47 Å². The van der Waals surface area contributed by atoms with Crippen LogP contribution in [0.3, 0.4) is 0 Å². The lowest BCUT2D eigenvalue weighted by molar-refractivity contribution is 0.104. The van der Waals surface area contributed by atoms with Crippen LogP contribution in [0.25, 0.3) is 6.08 Å². The van der Waals surface area contributed by atoms with Gasteiger partial charge in [0.15, 0.2) is 17.3 Å². The number of allylic oxidation sites excluding steroid dienone is 1. The second kappa shape index (κ2) is 5.21. The number of rotatable bonds is 3. The van der Waals surface area contributed by atoms with E-state index in [2.05, 4.69) is 0 Å². The number of fused-ring (bicyclic) bond motifs is 1. The molecule has 1 aliphatic rings. The highest BCUT2D eigenvalue weighted by atomic mass is 16.7. The predicted octanol–water partition coefficient (Wildman–Crippen LogP) is 3.62. The second-order valence-electron chi connectivity index (χ2n) is 4.68. The van der Waals surface area contributed by atoms with E-state index < -0.39 is 0 Å². The zero-order chi connectivity index (χ0) is 13.9. The Morgan fingerprint density at radius 1 is 1.10 bits per heavy atom. The van der Waals surface area contributed by atoms with Crippen molar-refractivity contribution >= 4 is 11.9 Å². The van der Waals surface area contributed by atoms with Crippen molar-refractivity contribution in [3.63, 3.8) is 0 Å². The Morgan fingerprint density at radius 3 is 2.80 bits per heavy atom. The molecule has 100 valence electrons. The number of ketones is 1. The molecule has 0 radical (unpaired) electrons. The summed E-state index contributed by atoms with van der Waals surface area (Å²) in [6.45, 7) is 2.23. The fraction of sp³-hybridized carbons (Fsp3) is 0.118. The largest absolute Gasteiger partial charge is 0.454 e. The second-order valence-corrected chi connectivity index (χ2v) is 4.68. The van der Waals surface area contributed by atoms with E-state index in [1.165, 1.54) is 0 Å². The van der Waals surface area contributed by atoms with Gasteiger partial charge in [-0.05, 0) is 36.8 Å². The molecule has 0 bridgehead atoms. The van der Waals surface area contributed by atoms with Crippen molar-refractivity contribution in [3.8, 4) is 11.5 Å². The quantitative estimate of drug-likeness (QED) is 0.628. The van der Waals surface area contributed by atoms with Crippen LogP contribution >= 0.6 is 0 Å². The summed E-state index contributed by atoms with van der Waals surface area (Å²) in [4.78, 5) is 12.1. The van der Waals surface area contributed by atoms with Gasteiger partial charge in [0.2, 0.25) is 6.79 Å². The van der Waals surface area contributed by atoms with Crippen molar-refractivity contribution in [1.82, 2.24) is 0 Å². The zero-order valence-corrected chi connectivity index (χ0v) is 11.1. The molecular formula is C17H14O3. The Morgan fingerprint density at radius 2 is 1.95 bits per heavy atom. The summed E-state index contributed by atoms with van der Waals surface area (Å²) in [5.74, 6) is 1.45. The van der Waals surface area contributed by atoms with Gasteiger partial charge in [-0.3, -0.25) is 4.79 Å². The first-order chi connectivity index (χ1) is 9.72. The first-order valence-corrected chi connectivity index (χ1v) is 6.41. The summed E-state index contributed by atoms with van der Waals surface area (Å²) >= 11 is 0. The van der Waals surface area contributed by atoms with Crippen LogP contribution in [0.5, 0.6) is 11.5 Å². The smallest absolute Gasteiger partial charge is 0.231 e. The van der Waals surface area contributed by atoms with Crippen LogP contribution in [0.1, 0.15) is 21.5 Å². The van der Waals surface area contributed by atoms with Gasteiger partial charge in [0.05, 0.1) is 0 Å². The number of carbonyl (C=O) groups excluding carboxylic acids is 1. The van der Waals surface area contributed by atoms with E-state index in [9.17, 15) is 4.79 Å². The Hall–Kier alpha value is -2.55. The van der Waals surface area contributed by atoms with Crippen LogP contribution in [-0.2, 0) is 0 Å². The van der Waals surface area contributed by atoms with Crippen molar-refractivity contribution in [2.24, 2.45) is 0 Å². The van der Waals surface area contributed by atoms with Gasteiger partial charge >= 0.3 is 0 Å². The van der Waals surface area contributed by atoms with Gasteiger partial charge in [0.25, 0.3) is 0 Å². The third kappa shape index (κ3) is 2.57. The molecular weight excluding hydrogens is 252 g/mol. The van der Waals surface area contributed by atoms with Crippen LogP contribution in [-0.4, -0.2) is 12.6 Å². The summed E-state index contributed by atoms with van der Waals surface area (Å²) in [5, 5.41) is 0. The lowest BCUT2D eigenvalue weighted by atomic mass is 10.1. The molecule has 3 nitrogen and oxygen atoms in total. The van der Waals surface area contributed by atoms with E-state index >= 15 is 0 Å². The van der Waals surface area contributed by atoms with E-state index in [0.717, 1.165) is 22.6 Å². The molecule has 3 heteroatoms. The maximum atomic E-state index is 12.1. The Balaban J connectivity index is 1.78. The zero-order valence-electron chi connectivity index (χ0n) is 11.1. The van der Waals surface area contributed by atoms with Crippen LogP contribution in [0, 0.1) is 6.92 Å². The predicted molar refractivity (Wildman–Crippen MR) is 77.1 cm³/mol. The highest BCUT2D eigenvalue weighted by Crippen LogP contribution is 2.32. The third-order valence-electron chi connectivity index (χ3n) is 3.13. The summed E-state index contributed by atoms with van der Waals surface area (Å²) in [6.07, 6.45) is 3.36. The molecule has 0 N–H and O–H groups in total. The lowest BCUT2D eigenvalue weighted by Gasteiger charge is -1.99. The first-order valence-electron chi connectivity index (χ1n) is 6.41. The lowest BCUT2D eigenvalue weighted by Crippen LogP contribution is -1.94. The van der Waals surface area contributed by atoms with Gasteiger partial charge in [-0.1, -0.05) is 35.9 Å². The topological polar surface area (TPSA) is 35.5 Å². The Labute approximate surface area is 117 Å². The summed E-state index contributed by atoms with van der Waals surface area (Å²) in [5.41, 5.74) is 2.68. The number of hydrogen-bond donors (Lipinski definition) is 0. The Kier molecular flexibility index (Phi) is 3.25. The fourth-order valence-electron chi connectivity index (χ4n) is 2.08. The van der Waals surface area contributed by atoms with Crippen molar-refractivity contribution in [3.05, 3.63) is 65.2 Å². The third-order valence-corrected chi connectivity index (χ3v) is 3.13. The highest BCUT2D eigenvalue weighted by Gasteiger charge is 2.12. The molecule has 0 fully saturated rings. The average Bonchev–Trinajstić information content (AvgIpc) is 2.92. The van der Waals surface area contributed by atoms with E-state index in [4.69, 9.17) is 9.47 Å². The van der Waals surface area contributed by atoms with Gasteiger partial charge in [0.1, 0.15) is 0 Å². The first kappa shape index (κ1) is 12.5. The van der Waals surface area contributed by atoms with Crippen LogP contribution in [0.4, 0.5) is 0 Å². The Bertz CT molecular complexity index is 686. The standard InChI is InChI=1S/C17H14O3/c1-12-3-2-4-14(9-12)15(18)7-5-13-6-8-16-17(10-13)20-11-19-16/h2-10H,11H2,1H3. The molecule has 0 aromatic heterocycles. The number of ether oxygens (including phenoxy) is 2. The van der Waals surface area contributed by atoms with E-state index in [1.54, 1.807) is 12.2 Å². The molecule has 0 spiro atoms. The molecule has 2 aromatic rings. The number of hydrogen-bond acceptors (Lipinski definition) is 3. The van der Waals surface area contributed by atoms with Crippen LogP contribution in [0.2, 0.25) is 0 Å². The molecule has 20 heavy (non-hydrogen) atoms. The molecule has 3 rings (SSSR count). The molecule has 1 heterocycles. The van der Waals surface area contributed by atoms with Gasteiger partial charge in [-0.25, -0.2) is 0 Å². The van der Waals surface area contributed by atoms with Crippen molar-refractivity contribution < 1.29 is 14.3 Å². The van der Waals surface area contributed by atoms with Crippen LogP contribution in [0.15, 0.2) is 48.5 Å². The molecule has 0 saturated heterocycles.